The van der Waals surface area contributed by atoms with Crippen molar-refractivity contribution in [3.05, 3.63) is 34.9 Å². The van der Waals surface area contributed by atoms with Crippen LogP contribution in [0.25, 0.3) is 0 Å². The van der Waals surface area contributed by atoms with Crippen LogP contribution in [0, 0.1) is 0 Å². The highest BCUT2D eigenvalue weighted by Crippen LogP contribution is 2.15. The van der Waals surface area contributed by atoms with Gasteiger partial charge in [0, 0.05) is 5.02 Å². The molecule has 0 spiro atoms. The summed E-state index contributed by atoms with van der Waals surface area (Å²) in [4.78, 5) is 1.53. The Morgan fingerprint density at radius 3 is 2.55 bits per heavy atom. The molecule has 3 nitrogen and oxygen atoms in total. The molecule has 1 unspecified atom stereocenters. The zero-order valence-electron chi connectivity index (χ0n) is 13.6. The lowest BCUT2D eigenvalue weighted by molar-refractivity contribution is -0.928. The van der Waals surface area contributed by atoms with Crippen LogP contribution >= 0.6 is 11.6 Å². The summed E-state index contributed by atoms with van der Waals surface area (Å²) >= 11 is 5.86. The molecular formula is C18H29ClNO2+. The molecule has 1 aromatic carbocycles. The number of likely N-dealkylation sites (N-methyl/N-ethyl adjacent to an activating group) is 1. The fourth-order valence-corrected chi connectivity index (χ4v) is 3.49. The second-order valence-corrected chi connectivity index (χ2v) is 6.78. The number of benzene rings is 1. The minimum atomic E-state index is -0.385. The van der Waals surface area contributed by atoms with E-state index in [1.54, 1.807) is 0 Å². The van der Waals surface area contributed by atoms with Gasteiger partial charge in [0.05, 0.1) is 25.8 Å². The Morgan fingerprint density at radius 1 is 1.23 bits per heavy atom. The Morgan fingerprint density at radius 2 is 1.91 bits per heavy atom. The molecule has 0 heterocycles. The average Bonchev–Trinajstić information content (AvgIpc) is 2.55. The summed E-state index contributed by atoms with van der Waals surface area (Å²) in [5.74, 6) is 0. The molecule has 0 radical (unpaired) electrons. The molecule has 0 amide bonds. The van der Waals surface area contributed by atoms with Crippen LogP contribution in [0.1, 0.15) is 44.6 Å². The Kier molecular flexibility index (Phi) is 7.67. The van der Waals surface area contributed by atoms with E-state index in [9.17, 15) is 5.11 Å². The molecule has 1 saturated carbocycles. The van der Waals surface area contributed by atoms with E-state index in [1.807, 2.05) is 24.3 Å². The SMILES string of the molecule is CC[NH+](C[C@H](O)COCc1ccc(Cl)cc1)C1CCCCC1. The highest BCUT2D eigenvalue weighted by molar-refractivity contribution is 6.30. The Bertz CT molecular complexity index is 418. The number of nitrogens with one attached hydrogen (secondary N) is 1. The van der Waals surface area contributed by atoms with Crippen molar-refractivity contribution in [2.75, 3.05) is 19.7 Å². The zero-order chi connectivity index (χ0) is 15.8. The molecule has 0 aromatic heterocycles. The van der Waals surface area contributed by atoms with Gasteiger partial charge in [0.1, 0.15) is 12.6 Å². The van der Waals surface area contributed by atoms with Gasteiger partial charge in [-0.3, -0.25) is 0 Å². The van der Waals surface area contributed by atoms with E-state index in [-0.39, 0.29) is 6.10 Å². The number of rotatable bonds is 8. The lowest BCUT2D eigenvalue weighted by atomic mass is 9.94. The fourth-order valence-electron chi connectivity index (χ4n) is 3.37. The van der Waals surface area contributed by atoms with Crippen LogP contribution in [0.3, 0.4) is 0 Å². The van der Waals surface area contributed by atoms with E-state index in [2.05, 4.69) is 6.92 Å². The van der Waals surface area contributed by atoms with Crippen molar-refractivity contribution in [1.29, 1.82) is 0 Å². The molecule has 2 N–H and O–H groups in total. The van der Waals surface area contributed by atoms with Crippen LogP contribution in [-0.4, -0.2) is 36.9 Å². The van der Waals surface area contributed by atoms with Gasteiger partial charge in [-0.05, 0) is 50.3 Å². The van der Waals surface area contributed by atoms with Crippen LogP contribution in [-0.2, 0) is 11.3 Å². The van der Waals surface area contributed by atoms with Gasteiger partial charge in [-0.2, -0.15) is 0 Å². The van der Waals surface area contributed by atoms with Crippen LogP contribution in [0.4, 0.5) is 0 Å². The monoisotopic (exact) mass is 326 g/mol. The third-order valence-electron chi connectivity index (χ3n) is 4.63. The van der Waals surface area contributed by atoms with E-state index in [0.717, 1.165) is 29.7 Å². The number of halogens is 1. The highest BCUT2D eigenvalue weighted by atomic mass is 35.5. The van der Waals surface area contributed by atoms with Crippen molar-refractivity contribution in [1.82, 2.24) is 0 Å². The van der Waals surface area contributed by atoms with Gasteiger partial charge >= 0.3 is 0 Å². The van der Waals surface area contributed by atoms with Crippen LogP contribution in [0.2, 0.25) is 5.02 Å². The first-order chi connectivity index (χ1) is 10.7. The molecule has 2 atom stereocenters. The minimum Gasteiger partial charge on any atom is -0.385 e. The molecule has 0 aliphatic heterocycles. The maximum absolute atomic E-state index is 10.2. The van der Waals surface area contributed by atoms with Gasteiger partial charge in [0.2, 0.25) is 0 Å². The lowest BCUT2D eigenvalue weighted by Crippen LogP contribution is -3.16. The summed E-state index contributed by atoms with van der Waals surface area (Å²) in [7, 11) is 0. The molecule has 2 rings (SSSR count). The maximum Gasteiger partial charge on any atom is 0.126 e. The first-order valence-electron chi connectivity index (χ1n) is 8.54. The highest BCUT2D eigenvalue weighted by Gasteiger charge is 2.25. The normalized spacial score (nSPS) is 19.0. The van der Waals surface area contributed by atoms with E-state index in [1.165, 1.54) is 37.0 Å². The smallest absolute Gasteiger partial charge is 0.126 e. The summed E-state index contributed by atoms with van der Waals surface area (Å²) in [5, 5.41) is 11.0. The van der Waals surface area contributed by atoms with Gasteiger partial charge in [0.15, 0.2) is 0 Å². The molecule has 4 heteroatoms. The predicted molar refractivity (Wildman–Crippen MR) is 90.4 cm³/mol. The summed E-state index contributed by atoms with van der Waals surface area (Å²) in [6.07, 6.45) is 6.29. The van der Waals surface area contributed by atoms with Crippen molar-refractivity contribution in [3.63, 3.8) is 0 Å². The maximum atomic E-state index is 10.2. The van der Waals surface area contributed by atoms with E-state index in [0.29, 0.717) is 13.2 Å². The number of aliphatic hydroxyl groups is 1. The summed E-state index contributed by atoms with van der Waals surface area (Å²) in [5.41, 5.74) is 1.09. The molecule has 22 heavy (non-hydrogen) atoms. The van der Waals surface area contributed by atoms with Crippen molar-refractivity contribution in [3.8, 4) is 0 Å². The Balaban J connectivity index is 1.69. The van der Waals surface area contributed by atoms with Gasteiger partial charge < -0.3 is 14.7 Å². The average molecular weight is 327 g/mol. The third-order valence-corrected chi connectivity index (χ3v) is 4.88. The molecule has 0 saturated heterocycles. The topological polar surface area (TPSA) is 33.9 Å². The van der Waals surface area contributed by atoms with Gasteiger partial charge in [-0.25, -0.2) is 0 Å². The van der Waals surface area contributed by atoms with E-state index in [4.69, 9.17) is 16.3 Å². The van der Waals surface area contributed by atoms with Gasteiger partial charge in [0.25, 0.3) is 0 Å². The lowest BCUT2D eigenvalue weighted by Gasteiger charge is -2.31. The number of aliphatic hydroxyl groups excluding tert-OH is 1. The van der Waals surface area contributed by atoms with Crippen LogP contribution in [0.5, 0.6) is 0 Å². The summed E-state index contributed by atoms with van der Waals surface area (Å²) in [6.45, 7) is 5.02. The number of hydrogen-bond acceptors (Lipinski definition) is 2. The molecule has 1 aliphatic carbocycles. The molecule has 1 fully saturated rings. The molecule has 124 valence electrons. The Labute approximate surface area is 139 Å². The van der Waals surface area contributed by atoms with Crippen molar-refractivity contribution in [2.45, 2.75) is 57.8 Å². The molecule has 0 bridgehead atoms. The molecule has 1 aromatic rings. The number of hydrogen-bond donors (Lipinski definition) is 2. The largest absolute Gasteiger partial charge is 0.385 e. The van der Waals surface area contributed by atoms with Crippen molar-refractivity contribution >= 4 is 11.6 Å². The Hall–Kier alpha value is -0.610. The summed E-state index contributed by atoms with van der Waals surface area (Å²) < 4.78 is 5.65. The molecule has 1 aliphatic rings. The first kappa shape index (κ1) is 17.7. The second-order valence-electron chi connectivity index (χ2n) is 6.35. The number of quaternary nitrogens is 1. The quantitative estimate of drug-likeness (QED) is 0.769. The van der Waals surface area contributed by atoms with Crippen molar-refractivity contribution in [2.24, 2.45) is 0 Å². The number of ether oxygens (including phenoxy) is 1. The van der Waals surface area contributed by atoms with Crippen LogP contribution < -0.4 is 4.90 Å². The first-order valence-corrected chi connectivity index (χ1v) is 8.91. The summed E-state index contributed by atoms with van der Waals surface area (Å²) in [6, 6.07) is 8.37. The van der Waals surface area contributed by atoms with Gasteiger partial charge in [-0.15, -0.1) is 0 Å². The van der Waals surface area contributed by atoms with Crippen LogP contribution in [0.15, 0.2) is 24.3 Å². The minimum absolute atomic E-state index is 0.385. The predicted octanol–water partition coefficient (Wildman–Crippen LogP) is 2.46. The van der Waals surface area contributed by atoms with Crippen molar-refractivity contribution < 1.29 is 14.7 Å². The van der Waals surface area contributed by atoms with Gasteiger partial charge in [-0.1, -0.05) is 30.2 Å². The van der Waals surface area contributed by atoms with E-state index < -0.39 is 0 Å². The molecular weight excluding hydrogens is 298 g/mol. The van der Waals surface area contributed by atoms with E-state index >= 15 is 0 Å². The zero-order valence-corrected chi connectivity index (χ0v) is 14.3. The third kappa shape index (κ3) is 5.88. The fraction of sp³-hybridized carbons (Fsp3) is 0.667. The standard InChI is InChI=1S/C18H28ClNO2/c1-2-20(17-6-4-3-5-7-17)12-18(21)14-22-13-15-8-10-16(19)11-9-15/h8-11,17-18,21H,2-7,12-14H2,1H3/p+1/t18-/m0/s1. The second kappa shape index (κ2) is 9.51.